The van der Waals surface area contributed by atoms with Gasteiger partial charge in [0.2, 0.25) is 5.95 Å². The number of carbonyl (C=O) groups is 2. The van der Waals surface area contributed by atoms with E-state index >= 15 is 0 Å². The van der Waals surface area contributed by atoms with Gasteiger partial charge in [0.1, 0.15) is 5.76 Å². The summed E-state index contributed by atoms with van der Waals surface area (Å²) in [6.07, 6.45) is 3.17. The molecule has 1 fully saturated rings. The predicted molar refractivity (Wildman–Crippen MR) is 129 cm³/mol. The van der Waals surface area contributed by atoms with Crippen LogP contribution in [0, 0.1) is 13.8 Å². The second-order valence-electron chi connectivity index (χ2n) is 7.99. The molecule has 1 saturated heterocycles. The topological polar surface area (TPSA) is 99.2 Å². The first-order chi connectivity index (χ1) is 15.8. The zero-order valence-electron chi connectivity index (χ0n) is 17.8. The highest BCUT2D eigenvalue weighted by Gasteiger charge is 2.48. The van der Waals surface area contributed by atoms with E-state index in [4.69, 9.17) is 0 Å². The zero-order chi connectivity index (χ0) is 23.3. The number of imidazole rings is 1. The van der Waals surface area contributed by atoms with Crippen LogP contribution in [0.5, 0.6) is 0 Å². The number of nitrogens with zero attached hydrogens (tertiary/aromatic N) is 3. The van der Waals surface area contributed by atoms with Gasteiger partial charge in [0.05, 0.1) is 22.6 Å². The van der Waals surface area contributed by atoms with Gasteiger partial charge in [-0.1, -0.05) is 28.1 Å². The number of pyridine rings is 1. The minimum absolute atomic E-state index is 0.00422. The molecule has 2 N–H and O–H groups in total. The Balaban J connectivity index is 1.73. The normalized spacial score (nSPS) is 17.8. The molecule has 0 bridgehead atoms. The van der Waals surface area contributed by atoms with Crippen LogP contribution >= 0.6 is 15.9 Å². The molecule has 1 aliphatic rings. The van der Waals surface area contributed by atoms with Crippen molar-refractivity contribution in [3.05, 3.63) is 93.2 Å². The van der Waals surface area contributed by atoms with E-state index in [0.717, 1.165) is 21.1 Å². The van der Waals surface area contributed by atoms with Gasteiger partial charge in [0.25, 0.3) is 5.78 Å². The lowest BCUT2D eigenvalue weighted by Gasteiger charge is -2.22. The summed E-state index contributed by atoms with van der Waals surface area (Å²) in [5.41, 5.74) is 4.45. The van der Waals surface area contributed by atoms with Crippen molar-refractivity contribution in [3.63, 3.8) is 0 Å². The number of fused-ring (bicyclic) bond motifs is 1. The number of aliphatic hydroxyl groups is 1. The molecule has 2 aromatic carbocycles. The summed E-state index contributed by atoms with van der Waals surface area (Å²) in [6.45, 7) is 3.85. The smallest absolute Gasteiger partial charge is 0.302 e. The van der Waals surface area contributed by atoms with E-state index in [-0.39, 0.29) is 17.3 Å². The number of rotatable bonds is 3. The van der Waals surface area contributed by atoms with Gasteiger partial charge in [-0.2, -0.15) is 0 Å². The molecule has 1 aliphatic heterocycles. The van der Waals surface area contributed by atoms with E-state index in [1.54, 1.807) is 42.7 Å². The number of halogens is 1. The molecule has 0 saturated carbocycles. The number of hydrogen-bond donors (Lipinski definition) is 2. The predicted octanol–water partition coefficient (Wildman–Crippen LogP) is 4.96. The van der Waals surface area contributed by atoms with Gasteiger partial charge in [0.15, 0.2) is 0 Å². The lowest BCUT2D eigenvalue weighted by Crippen LogP contribution is -2.30. The number of aromatic amines is 1. The number of anilines is 1. The van der Waals surface area contributed by atoms with Crippen molar-refractivity contribution in [1.29, 1.82) is 0 Å². The minimum atomic E-state index is -0.862. The second-order valence-corrected chi connectivity index (χ2v) is 8.85. The largest absolute Gasteiger partial charge is 0.507 e. The van der Waals surface area contributed by atoms with Gasteiger partial charge in [-0.3, -0.25) is 19.5 Å². The van der Waals surface area contributed by atoms with Gasteiger partial charge < -0.3 is 10.1 Å². The number of nitrogens with one attached hydrogen (secondary N) is 1. The molecule has 8 heteroatoms. The molecule has 4 aromatic rings. The summed E-state index contributed by atoms with van der Waals surface area (Å²) in [5.74, 6) is -1.53. The summed E-state index contributed by atoms with van der Waals surface area (Å²) in [7, 11) is 0. The standard InChI is InChI=1S/C25H19BrN4O3/c1-13-3-6-18-19(11-13)29-25(28-18)30-21(15-7-9-27-10-8-15)20(23(32)24(30)33)22(31)16-4-5-17(26)14(2)12-16/h3-12,21,31H,1-2H3,(H,28,29)/b22-20+. The van der Waals surface area contributed by atoms with E-state index < -0.39 is 17.7 Å². The van der Waals surface area contributed by atoms with E-state index in [1.165, 1.54) is 4.90 Å². The Hall–Kier alpha value is -3.78. The summed E-state index contributed by atoms with van der Waals surface area (Å²) < 4.78 is 0.878. The number of aromatic nitrogens is 3. The molecular formula is C25H19BrN4O3. The van der Waals surface area contributed by atoms with E-state index in [0.29, 0.717) is 16.6 Å². The molecule has 164 valence electrons. The average Bonchev–Trinajstić information content (AvgIpc) is 3.33. The fourth-order valence-electron chi connectivity index (χ4n) is 4.08. The summed E-state index contributed by atoms with van der Waals surface area (Å²) in [4.78, 5) is 39.6. The van der Waals surface area contributed by atoms with Crippen LogP contribution in [-0.2, 0) is 9.59 Å². The molecule has 5 rings (SSSR count). The maximum absolute atomic E-state index is 13.2. The first-order valence-corrected chi connectivity index (χ1v) is 11.1. The highest BCUT2D eigenvalue weighted by atomic mass is 79.9. The molecule has 1 unspecified atom stereocenters. The van der Waals surface area contributed by atoms with E-state index in [9.17, 15) is 14.7 Å². The van der Waals surface area contributed by atoms with Crippen molar-refractivity contribution in [2.75, 3.05) is 4.90 Å². The Kier molecular flexibility index (Phi) is 5.09. The lowest BCUT2D eigenvalue weighted by atomic mass is 9.95. The number of Topliss-reactive ketones (excluding diaryl/α,β-unsaturated/α-hetero) is 1. The SMILES string of the molecule is Cc1ccc2nc(N3C(=O)C(=O)/C(=C(/O)c4ccc(Br)c(C)c4)C3c3ccncc3)[nH]c2c1. The molecule has 0 spiro atoms. The first-order valence-electron chi connectivity index (χ1n) is 10.3. The zero-order valence-corrected chi connectivity index (χ0v) is 19.4. The summed E-state index contributed by atoms with van der Waals surface area (Å²) in [6, 6.07) is 13.5. The third-order valence-electron chi connectivity index (χ3n) is 5.75. The van der Waals surface area contributed by atoms with E-state index in [2.05, 4.69) is 30.9 Å². The molecule has 2 aromatic heterocycles. The number of ketones is 1. The third kappa shape index (κ3) is 3.52. The number of benzene rings is 2. The van der Waals surface area contributed by atoms with Crippen LogP contribution in [0.3, 0.4) is 0 Å². The first kappa shape index (κ1) is 21.1. The van der Waals surface area contributed by atoms with Gasteiger partial charge >= 0.3 is 5.91 Å². The van der Waals surface area contributed by atoms with Crippen molar-refractivity contribution < 1.29 is 14.7 Å². The van der Waals surface area contributed by atoms with Crippen LogP contribution in [0.25, 0.3) is 16.8 Å². The molecule has 1 amide bonds. The monoisotopic (exact) mass is 502 g/mol. The van der Waals surface area contributed by atoms with Crippen LogP contribution in [0.4, 0.5) is 5.95 Å². The number of aliphatic hydroxyl groups excluding tert-OH is 1. The summed E-state index contributed by atoms with van der Waals surface area (Å²) in [5, 5.41) is 11.2. The van der Waals surface area contributed by atoms with Crippen molar-refractivity contribution in [2.45, 2.75) is 19.9 Å². The Morgan fingerprint density at radius 3 is 2.55 bits per heavy atom. The molecule has 0 aliphatic carbocycles. The minimum Gasteiger partial charge on any atom is -0.507 e. The summed E-state index contributed by atoms with van der Waals surface area (Å²) >= 11 is 3.45. The number of aryl methyl sites for hydroxylation is 2. The molecule has 3 heterocycles. The Bertz CT molecular complexity index is 1460. The molecule has 1 atom stereocenters. The fraction of sp³-hybridized carbons (Fsp3) is 0.120. The van der Waals surface area contributed by atoms with Gasteiger partial charge in [-0.15, -0.1) is 0 Å². The average molecular weight is 503 g/mol. The maximum Gasteiger partial charge on any atom is 0.302 e. The number of amides is 1. The van der Waals surface area contributed by atoms with Crippen LogP contribution < -0.4 is 4.90 Å². The molecular weight excluding hydrogens is 484 g/mol. The van der Waals surface area contributed by atoms with Crippen molar-refractivity contribution in [1.82, 2.24) is 15.0 Å². The second kappa shape index (κ2) is 7.97. The van der Waals surface area contributed by atoms with Crippen LogP contribution in [0.1, 0.15) is 28.3 Å². The highest BCUT2D eigenvalue weighted by molar-refractivity contribution is 9.10. The molecule has 7 nitrogen and oxygen atoms in total. The quantitative estimate of drug-likeness (QED) is 0.234. The van der Waals surface area contributed by atoms with Crippen LogP contribution in [-0.4, -0.2) is 31.7 Å². The molecule has 0 radical (unpaired) electrons. The van der Waals surface area contributed by atoms with Crippen molar-refractivity contribution in [2.24, 2.45) is 0 Å². The number of H-pyrrole nitrogens is 1. The van der Waals surface area contributed by atoms with E-state index in [1.807, 2.05) is 32.0 Å². The lowest BCUT2D eigenvalue weighted by molar-refractivity contribution is -0.132. The Morgan fingerprint density at radius 2 is 1.82 bits per heavy atom. The molecule has 33 heavy (non-hydrogen) atoms. The van der Waals surface area contributed by atoms with Crippen LogP contribution in [0.15, 0.2) is 71.0 Å². The van der Waals surface area contributed by atoms with Crippen LogP contribution in [0.2, 0.25) is 0 Å². The highest BCUT2D eigenvalue weighted by Crippen LogP contribution is 2.41. The van der Waals surface area contributed by atoms with Crippen molar-refractivity contribution >= 4 is 50.4 Å². The number of carbonyl (C=O) groups excluding carboxylic acids is 2. The van der Waals surface area contributed by atoms with Gasteiger partial charge in [0, 0.05) is 22.4 Å². The van der Waals surface area contributed by atoms with Crippen molar-refractivity contribution in [3.8, 4) is 0 Å². The Labute approximate surface area is 197 Å². The fourth-order valence-corrected chi connectivity index (χ4v) is 4.33. The van der Waals surface area contributed by atoms with Gasteiger partial charge in [-0.05, 0) is 66.9 Å². The maximum atomic E-state index is 13.2. The third-order valence-corrected chi connectivity index (χ3v) is 6.64. The van der Waals surface area contributed by atoms with Gasteiger partial charge in [-0.25, -0.2) is 4.98 Å². The number of hydrogen-bond acceptors (Lipinski definition) is 5. The Morgan fingerprint density at radius 1 is 1.06 bits per heavy atom.